The molecule has 0 bridgehead atoms. The Kier molecular flexibility index (Phi) is 4.18. The molecular formula is C22H17N5O2. The molecule has 0 radical (unpaired) electrons. The van der Waals surface area contributed by atoms with Crippen molar-refractivity contribution in [3.63, 3.8) is 0 Å². The van der Waals surface area contributed by atoms with E-state index in [1.165, 1.54) is 0 Å². The summed E-state index contributed by atoms with van der Waals surface area (Å²) in [6, 6.07) is 18.6. The van der Waals surface area contributed by atoms with E-state index in [0.29, 0.717) is 29.4 Å². The molecule has 1 amide bonds. The minimum Gasteiger partial charge on any atom is -0.461 e. The first-order valence-electron chi connectivity index (χ1n) is 9.16. The molecule has 2 aromatic carbocycles. The van der Waals surface area contributed by atoms with E-state index in [0.717, 1.165) is 16.6 Å². The minimum atomic E-state index is -0.166. The topological polar surface area (TPSA) is 88.7 Å². The maximum atomic E-state index is 12.6. The van der Waals surface area contributed by atoms with E-state index >= 15 is 0 Å². The molecule has 0 atom stereocenters. The average Bonchev–Trinajstić information content (AvgIpc) is 3.49. The van der Waals surface area contributed by atoms with Crippen LogP contribution in [0.2, 0.25) is 0 Å². The number of hydrogen-bond donors (Lipinski definition) is 2. The first kappa shape index (κ1) is 17.0. The predicted octanol–water partition coefficient (Wildman–Crippen LogP) is 4.32. The van der Waals surface area contributed by atoms with Gasteiger partial charge in [0, 0.05) is 23.6 Å². The van der Waals surface area contributed by atoms with Crippen LogP contribution in [0.5, 0.6) is 0 Å². The van der Waals surface area contributed by atoms with Crippen LogP contribution in [-0.4, -0.2) is 25.7 Å². The number of carbonyl (C=O) groups is 1. The monoisotopic (exact) mass is 383 g/mol. The number of aromatic nitrogens is 4. The number of rotatable bonds is 5. The summed E-state index contributed by atoms with van der Waals surface area (Å²) in [5.41, 5.74) is 3.99. The molecule has 0 unspecified atom stereocenters. The smallest absolute Gasteiger partial charge is 0.255 e. The number of nitrogens with one attached hydrogen (secondary N) is 2. The number of furan rings is 1. The maximum Gasteiger partial charge on any atom is 0.255 e. The summed E-state index contributed by atoms with van der Waals surface area (Å²) in [6.45, 7) is 0.670. The summed E-state index contributed by atoms with van der Waals surface area (Å²) in [4.78, 5) is 20.3. The number of hydrogen-bond acceptors (Lipinski definition) is 4. The molecule has 29 heavy (non-hydrogen) atoms. The fraction of sp³-hybridized carbons (Fsp3) is 0.0455. The van der Waals surface area contributed by atoms with Crippen LogP contribution in [-0.2, 0) is 6.54 Å². The van der Waals surface area contributed by atoms with Gasteiger partial charge in [0.25, 0.3) is 5.91 Å². The van der Waals surface area contributed by atoms with Gasteiger partial charge in [-0.25, -0.2) is 4.98 Å². The minimum absolute atomic E-state index is 0.166. The largest absolute Gasteiger partial charge is 0.461 e. The van der Waals surface area contributed by atoms with E-state index in [1.54, 1.807) is 12.5 Å². The molecule has 0 spiro atoms. The summed E-state index contributed by atoms with van der Waals surface area (Å²) in [7, 11) is 0. The van der Waals surface area contributed by atoms with Crippen molar-refractivity contribution in [1.29, 1.82) is 0 Å². The molecule has 0 saturated heterocycles. The molecule has 3 aromatic heterocycles. The highest BCUT2D eigenvalue weighted by molar-refractivity contribution is 6.05. The maximum absolute atomic E-state index is 12.6. The number of H-pyrrole nitrogens is 1. The van der Waals surface area contributed by atoms with Crippen LogP contribution in [0.25, 0.3) is 22.6 Å². The number of anilines is 1. The highest BCUT2D eigenvalue weighted by atomic mass is 16.3. The Hall–Kier alpha value is -4.13. The zero-order valence-corrected chi connectivity index (χ0v) is 15.4. The normalized spacial score (nSPS) is 11.0. The lowest BCUT2D eigenvalue weighted by atomic mass is 10.1. The van der Waals surface area contributed by atoms with E-state index < -0.39 is 0 Å². The lowest BCUT2D eigenvalue weighted by Crippen LogP contribution is -2.12. The van der Waals surface area contributed by atoms with Gasteiger partial charge in [0.05, 0.1) is 23.8 Å². The lowest BCUT2D eigenvalue weighted by molar-refractivity contribution is 0.102. The number of aromatic amines is 1. The van der Waals surface area contributed by atoms with Gasteiger partial charge in [0.1, 0.15) is 0 Å². The fourth-order valence-electron chi connectivity index (χ4n) is 3.16. The molecule has 5 aromatic rings. The van der Waals surface area contributed by atoms with Crippen LogP contribution >= 0.6 is 0 Å². The Balaban J connectivity index is 1.31. The lowest BCUT2D eigenvalue weighted by Gasteiger charge is -2.07. The van der Waals surface area contributed by atoms with Gasteiger partial charge >= 0.3 is 0 Å². The molecule has 0 aliphatic carbocycles. The number of amides is 1. The average molecular weight is 383 g/mol. The van der Waals surface area contributed by atoms with E-state index in [9.17, 15) is 4.79 Å². The number of imidazole rings is 1. The summed E-state index contributed by atoms with van der Waals surface area (Å²) < 4.78 is 7.21. The number of benzene rings is 2. The second-order valence-electron chi connectivity index (χ2n) is 6.65. The van der Waals surface area contributed by atoms with Gasteiger partial charge in [-0.3, -0.25) is 9.48 Å². The molecule has 2 N–H and O–H groups in total. The van der Waals surface area contributed by atoms with Crippen molar-refractivity contribution in [3.8, 4) is 11.6 Å². The van der Waals surface area contributed by atoms with Crippen molar-refractivity contribution in [3.05, 3.63) is 90.4 Å². The van der Waals surface area contributed by atoms with Gasteiger partial charge in [-0.05, 0) is 54.1 Å². The highest BCUT2D eigenvalue weighted by Gasteiger charge is 2.10. The van der Waals surface area contributed by atoms with Crippen LogP contribution < -0.4 is 5.32 Å². The van der Waals surface area contributed by atoms with E-state index in [-0.39, 0.29) is 5.91 Å². The molecule has 0 fully saturated rings. The van der Waals surface area contributed by atoms with Crippen molar-refractivity contribution in [2.24, 2.45) is 0 Å². The van der Waals surface area contributed by atoms with Crippen molar-refractivity contribution < 1.29 is 9.21 Å². The summed E-state index contributed by atoms with van der Waals surface area (Å²) in [5, 5.41) is 7.12. The third kappa shape index (κ3) is 3.53. The fourth-order valence-corrected chi connectivity index (χ4v) is 3.16. The van der Waals surface area contributed by atoms with Crippen molar-refractivity contribution >= 4 is 22.6 Å². The zero-order chi connectivity index (χ0) is 19.6. The van der Waals surface area contributed by atoms with E-state index in [4.69, 9.17) is 4.42 Å². The highest BCUT2D eigenvalue weighted by Crippen LogP contribution is 2.23. The van der Waals surface area contributed by atoms with Crippen LogP contribution in [0, 0.1) is 0 Å². The van der Waals surface area contributed by atoms with Crippen molar-refractivity contribution in [2.45, 2.75) is 6.54 Å². The van der Waals surface area contributed by atoms with E-state index in [2.05, 4.69) is 20.4 Å². The molecule has 7 nitrogen and oxygen atoms in total. The van der Waals surface area contributed by atoms with Crippen molar-refractivity contribution in [2.75, 3.05) is 5.32 Å². The number of nitrogens with zero attached hydrogens (tertiary/aromatic N) is 3. The van der Waals surface area contributed by atoms with Gasteiger partial charge in [0.2, 0.25) is 0 Å². The Bertz CT molecular complexity index is 1250. The standard InChI is InChI=1S/C22H17N5O2/c28-22(16-6-4-15(5-7-16)14-27-11-2-10-23-27)24-17-8-9-18-19(13-17)26-21(25-18)20-3-1-12-29-20/h1-13H,14H2,(H,24,28)(H,25,26). The number of fused-ring (bicyclic) bond motifs is 1. The summed E-state index contributed by atoms with van der Waals surface area (Å²) in [6.07, 6.45) is 5.26. The molecule has 0 aliphatic rings. The molecular weight excluding hydrogens is 366 g/mol. The second-order valence-corrected chi connectivity index (χ2v) is 6.65. The SMILES string of the molecule is O=C(Nc1ccc2nc(-c3ccco3)[nH]c2c1)c1ccc(Cn2cccn2)cc1. The molecule has 7 heteroatoms. The number of carbonyl (C=O) groups excluding carboxylic acids is 1. The van der Waals surface area contributed by atoms with Crippen LogP contribution in [0.1, 0.15) is 15.9 Å². The van der Waals surface area contributed by atoms with Crippen LogP contribution in [0.4, 0.5) is 5.69 Å². The molecule has 3 heterocycles. The first-order chi connectivity index (χ1) is 14.2. The molecule has 0 saturated carbocycles. The van der Waals surface area contributed by atoms with Gasteiger partial charge < -0.3 is 14.7 Å². The van der Waals surface area contributed by atoms with Gasteiger partial charge in [-0.2, -0.15) is 5.10 Å². The Morgan fingerprint density at radius 1 is 1.10 bits per heavy atom. The third-order valence-corrected chi connectivity index (χ3v) is 4.61. The van der Waals surface area contributed by atoms with Gasteiger partial charge in [-0.1, -0.05) is 12.1 Å². The zero-order valence-electron chi connectivity index (χ0n) is 15.4. The van der Waals surface area contributed by atoms with Gasteiger partial charge in [-0.15, -0.1) is 0 Å². The Morgan fingerprint density at radius 3 is 2.76 bits per heavy atom. The Morgan fingerprint density at radius 2 is 2.00 bits per heavy atom. The Labute approximate surface area is 166 Å². The predicted molar refractivity (Wildman–Crippen MR) is 110 cm³/mol. The van der Waals surface area contributed by atoms with Gasteiger partial charge in [0.15, 0.2) is 11.6 Å². The first-order valence-corrected chi connectivity index (χ1v) is 9.16. The second kappa shape index (κ2) is 7.12. The molecule has 5 rings (SSSR count). The summed E-state index contributed by atoms with van der Waals surface area (Å²) >= 11 is 0. The molecule has 0 aliphatic heterocycles. The van der Waals surface area contributed by atoms with Crippen LogP contribution in [0.3, 0.4) is 0 Å². The van der Waals surface area contributed by atoms with Crippen molar-refractivity contribution in [1.82, 2.24) is 19.7 Å². The summed E-state index contributed by atoms with van der Waals surface area (Å²) in [5.74, 6) is 1.16. The quantitative estimate of drug-likeness (QED) is 0.473. The van der Waals surface area contributed by atoms with Crippen LogP contribution in [0.15, 0.2) is 83.7 Å². The van der Waals surface area contributed by atoms with E-state index in [1.807, 2.05) is 71.5 Å². The molecule has 142 valence electrons. The third-order valence-electron chi connectivity index (χ3n) is 4.61.